The Labute approximate surface area is 78.3 Å². The van der Waals surface area contributed by atoms with Crippen LogP contribution in [-0.4, -0.2) is 5.16 Å². The van der Waals surface area contributed by atoms with E-state index < -0.39 is 0 Å². The Kier molecular flexibility index (Phi) is 2.02. The van der Waals surface area contributed by atoms with Crippen LogP contribution >= 0.6 is 0 Å². The van der Waals surface area contributed by atoms with Crippen molar-refractivity contribution in [2.45, 2.75) is 39.0 Å². The van der Waals surface area contributed by atoms with Gasteiger partial charge in [-0.2, -0.15) is 0 Å². The van der Waals surface area contributed by atoms with Crippen LogP contribution in [0.5, 0.6) is 0 Å². The van der Waals surface area contributed by atoms with Gasteiger partial charge in [0.2, 0.25) is 0 Å². The van der Waals surface area contributed by atoms with Crippen LogP contribution in [-0.2, 0) is 6.42 Å². The van der Waals surface area contributed by atoms with E-state index in [1.807, 2.05) is 0 Å². The average molecular weight is 180 g/mol. The van der Waals surface area contributed by atoms with Crippen molar-refractivity contribution in [3.8, 4) is 0 Å². The van der Waals surface area contributed by atoms with E-state index in [-0.39, 0.29) is 0 Å². The molecule has 0 bridgehead atoms. The van der Waals surface area contributed by atoms with Crippen LogP contribution in [0.1, 0.15) is 44.1 Å². The Morgan fingerprint density at radius 2 is 2.23 bits per heavy atom. The van der Waals surface area contributed by atoms with Gasteiger partial charge in [0.25, 0.3) is 0 Å². The summed E-state index contributed by atoms with van der Waals surface area (Å²) in [5, 5.41) is 4.02. The normalized spacial score (nSPS) is 16.8. The molecule has 3 nitrogen and oxygen atoms in total. The Balaban J connectivity index is 2.17. The summed E-state index contributed by atoms with van der Waals surface area (Å²) in [5.41, 5.74) is 7.68. The summed E-state index contributed by atoms with van der Waals surface area (Å²) in [6.07, 6.45) is 3.34. The molecule has 1 aromatic rings. The van der Waals surface area contributed by atoms with Crippen molar-refractivity contribution < 1.29 is 4.52 Å². The van der Waals surface area contributed by atoms with Crippen molar-refractivity contribution in [3.05, 3.63) is 11.5 Å². The monoisotopic (exact) mass is 180 g/mol. The lowest BCUT2D eigenvalue weighted by molar-refractivity contribution is 0.375. The first-order valence-electron chi connectivity index (χ1n) is 4.92. The van der Waals surface area contributed by atoms with Gasteiger partial charge < -0.3 is 10.3 Å². The summed E-state index contributed by atoms with van der Waals surface area (Å²) in [6, 6.07) is 0. The molecule has 0 radical (unpaired) electrons. The van der Waals surface area contributed by atoms with E-state index in [0.29, 0.717) is 11.8 Å². The van der Waals surface area contributed by atoms with Crippen LogP contribution in [0.4, 0.5) is 5.69 Å². The van der Waals surface area contributed by atoms with Crippen LogP contribution < -0.4 is 5.73 Å². The largest absolute Gasteiger partial charge is 0.394 e. The number of hydrogen-bond acceptors (Lipinski definition) is 3. The number of aromatic nitrogens is 1. The summed E-state index contributed by atoms with van der Waals surface area (Å²) >= 11 is 0. The molecule has 1 fully saturated rings. The van der Waals surface area contributed by atoms with E-state index >= 15 is 0 Å². The highest BCUT2D eigenvalue weighted by molar-refractivity contribution is 5.49. The Hall–Kier alpha value is -0.990. The zero-order valence-electron chi connectivity index (χ0n) is 8.21. The van der Waals surface area contributed by atoms with Gasteiger partial charge in [0.05, 0.1) is 5.69 Å². The standard InChI is InChI=1S/C10H16N2O/c1-6(2)5-8-9(11)10(13-12-8)7-3-4-7/h6-7H,3-5,11H2,1-2H3. The van der Waals surface area contributed by atoms with E-state index in [4.69, 9.17) is 10.3 Å². The first-order chi connectivity index (χ1) is 6.18. The smallest absolute Gasteiger partial charge is 0.162 e. The summed E-state index contributed by atoms with van der Waals surface area (Å²) in [5.74, 6) is 2.07. The Bertz CT molecular complexity index is 300. The van der Waals surface area contributed by atoms with Crippen molar-refractivity contribution in [2.24, 2.45) is 5.92 Å². The number of nitrogen functional groups attached to an aromatic ring is 1. The molecule has 0 unspecified atom stereocenters. The van der Waals surface area contributed by atoms with Crippen molar-refractivity contribution in [2.75, 3.05) is 5.73 Å². The molecular formula is C10H16N2O. The fourth-order valence-corrected chi connectivity index (χ4v) is 1.52. The molecule has 0 aromatic carbocycles. The third-order valence-electron chi connectivity index (χ3n) is 2.38. The first kappa shape index (κ1) is 8.60. The fourth-order valence-electron chi connectivity index (χ4n) is 1.52. The summed E-state index contributed by atoms with van der Waals surface area (Å²) in [6.45, 7) is 4.32. The summed E-state index contributed by atoms with van der Waals surface area (Å²) < 4.78 is 5.25. The van der Waals surface area contributed by atoms with Crippen molar-refractivity contribution in [1.82, 2.24) is 5.16 Å². The molecule has 1 aliphatic carbocycles. The molecule has 3 heteroatoms. The first-order valence-corrected chi connectivity index (χ1v) is 4.92. The van der Waals surface area contributed by atoms with Crippen molar-refractivity contribution in [1.29, 1.82) is 0 Å². The lowest BCUT2D eigenvalue weighted by Crippen LogP contribution is -1.99. The highest BCUT2D eigenvalue weighted by Crippen LogP contribution is 2.43. The van der Waals surface area contributed by atoms with Gasteiger partial charge in [0, 0.05) is 5.92 Å². The van der Waals surface area contributed by atoms with Gasteiger partial charge in [0.1, 0.15) is 5.69 Å². The minimum atomic E-state index is 0.563. The second-order valence-corrected chi connectivity index (χ2v) is 4.28. The lowest BCUT2D eigenvalue weighted by atomic mass is 10.1. The number of nitrogens with two attached hydrogens (primary N) is 1. The molecular weight excluding hydrogens is 164 g/mol. The molecule has 0 atom stereocenters. The van der Waals surface area contributed by atoms with Gasteiger partial charge in [0.15, 0.2) is 5.76 Å². The van der Waals surface area contributed by atoms with Gasteiger partial charge in [-0.3, -0.25) is 0 Å². The highest BCUT2D eigenvalue weighted by Gasteiger charge is 2.31. The van der Waals surface area contributed by atoms with Crippen molar-refractivity contribution >= 4 is 5.69 Å². The molecule has 2 N–H and O–H groups in total. The van der Waals surface area contributed by atoms with Crippen LogP contribution in [0.15, 0.2) is 4.52 Å². The predicted octanol–water partition coefficient (Wildman–Crippen LogP) is 2.33. The molecule has 0 spiro atoms. The minimum Gasteiger partial charge on any atom is -0.394 e. The Morgan fingerprint density at radius 1 is 1.54 bits per heavy atom. The molecule has 13 heavy (non-hydrogen) atoms. The Morgan fingerprint density at radius 3 is 2.77 bits per heavy atom. The number of nitrogens with zero attached hydrogens (tertiary/aromatic N) is 1. The molecule has 1 saturated carbocycles. The zero-order chi connectivity index (χ0) is 9.42. The third kappa shape index (κ3) is 1.69. The maximum atomic E-state index is 5.94. The molecule has 1 heterocycles. The van der Waals surface area contributed by atoms with Crippen molar-refractivity contribution in [3.63, 3.8) is 0 Å². The lowest BCUT2D eigenvalue weighted by Gasteiger charge is -2.00. The minimum absolute atomic E-state index is 0.563. The number of rotatable bonds is 3. The topological polar surface area (TPSA) is 52.0 Å². The van der Waals surface area contributed by atoms with Gasteiger partial charge in [-0.15, -0.1) is 0 Å². The van der Waals surface area contributed by atoms with E-state index in [1.165, 1.54) is 12.8 Å². The second kappa shape index (κ2) is 3.05. The quantitative estimate of drug-likeness (QED) is 0.776. The van der Waals surface area contributed by atoms with Gasteiger partial charge in [-0.05, 0) is 25.2 Å². The van der Waals surface area contributed by atoms with E-state index in [9.17, 15) is 0 Å². The van der Waals surface area contributed by atoms with Crippen LogP contribution in [0, 0.1) is 5.92 Å². The SMILES string of the molecule is CC(C)Cc1noc(C2CC2)c1N. The van der Waals surface area contributed by atoms with Crippen LogP contribution in [0.25, 0.3) is 0 Å². The molecule has 2 rings (SSSR count). The van der Waals surface area contributed by atoms with Gasteiger partial charge >= 0.3 is 0 Å². The molecule has 0 aliphatic heterocycles. The zero-order valence-corrected chi connectivity index (χ0v) is 8.21. The summed E-state index contributed by atoms with van der Waals surface area (Å²) in [7, 11) is 0. The molecule has 1 aromatic heterocycles. The average Bonchev–Trinajstić information content (AvgIpc) is 2.81. The van der Waals surface area contributed by atoms with Gasteiger partial charge in [-0.1, -0.05) is 19.0 Å². The predicted molar refractivity (Wildman–Crippen MR) is 51.4 cm³/mol. The van der Waals surface area contributed by atoms with Gasteiger partial charge in [-0.25, -0.2) is 0 Å². The maximum Gasteiger partial charge on any atom is 0.162 e. The van der Waals surface area contributed by atoms with E-state index in [0.717, 1.165) is 23.6 Å². The molecule has 1 aliphatic rings. The fraction of sp³-hybridized carbons (Fsp3) is 0.700. The maximum absolute atomic E-state index is 5.94. The molecule has 0 saturated heterocycles. The summed E-state index contributed by atoms with van der Waals surface area (Å²) in [4.78, 5) is 0. The van der Waals surface area contributed by atoms with E-state index in [2.05, 4.69) is 19.0 Å². The highest BCUT2D eigenvalue weighted by atomic mass is 16.5. The van der Waals surface area contributed by atoms with Crippen LogP contribution in [0.2, 0.25) is 0 Å². The number of hydrogen-bond donors (Lipinski definition) is 1. The van der Waals surface area contributed by atoms with E-state index in [1.54, 1.807) is 0 Å². The second-order valence-electron chi connectivity index (χ2n) is 4.28. The number of anilines is 1. The third-order valence-corrected chi connectivity index (χ3v) is 2.38. The van der Waals surface area contributed by atoms with Crippen LogP contribution in [0.3, 0.4) is 0 Å². The molecule has 72 valence electrons. The molecule has 0 amide bonds.